The van der Waals surface area contributed by atoms with E-state index in [1.54, 1.807) is 25.1 Å². The van der Waals surface area contributed by atoms with Crippen LogP contribution in [0.15, 0.2) is 28.2 Å². The molecule has 2 aromatic rings. The van der Waals surface area contributed by atoms with Crippen LogP contribution in [-0.4, -0.2) is 28.2 Å². The number of aromatic amines is 1. The minimum Gasteiger partial charge on any atom is -0.495 e. The number of methoxy groups -OCH3 is 1. The molecular weight excluding hydrogens is 374 g/mol. The summed E-state index contributed by atoms with van der Waals surface area (Å²) in [6, 6.07) is 5.05. The Kier molecular flexibility index (Phi) is 5.88. The minimum absolute atomic E-state index is 0.0910. The van der Waals surface area contributed by atoms with Gasteiger partial charge < -0.3 is 15.0 Å². The van der Waals surface area contributed by atoms with Crippen molar-refractivity contribution in [3.8, 4) is 5.75 Å². The summed E-state index contributed by atoms with van der Waals surface area (Å²) in [6.45, 7) is 1.77. The molecule has 1 aliphatic rings. The second-order valence-electron chi connectivity index (χ2n) is 6.10. The van der Waals surface area contributed by atoms with Crippen LogP contribution in [0.2, 0.25) is 5.02 Å². The van der Waals surface area contributed by atoms with Crippen LogP contribution in [-0.2, 0) is 17.6 Å². The monoisotopic (exact) mass is 393 g/mol. The molecule has 3 rings (SSSR count). The van der Waals surface area contributed by atoms with E-state index in [-0.39, 0.29) is 11.5 Å². The lowest BCUT2D eigenvalue weighted by Gasteiger charge is -2.16. The van der Waals surface area contributed by atoms with Gasteiger partial charge in [-0.1, -0.05) is 23.4 Å². The van der Waals surface area contributed by atoms with E-state index in [4.69, 9.17) is 16.3 Å². The summed E-state index contributed by atoms with van der Waals surface area (Å²) in [4.78, 5) is 31.9. The number of thioether (sulfide) groups is 1. The van der Waals surface area contributed by atoms with Crippen LogP contribution < -0.4 is 15.6 Å². The van der Waals surface area contributed by atoms with Crippen LogP contribution in [0.25, 0.3) is 0 Å². The molecule has 0 fully saturated rings. The fraction of sp³-hybridized carbons (Fsp3) is 0.389. The van der Waals surface area contributed by atoms with Crippen molar-refractivity contribution >= 4 is 35.0 Å². The molecule has 1 aromatic heterocycles. The summed E-state index contributed by atoms with van der Waals surface area (Å²) in [5.41, 5.74) is 2.13. The Morgan fingerprint density at radius 2 is 2.15 bits per heavy atom. The van der Waals surface area contributed by atoms with Crippen LogP contribution in [0.3, 0.4) is 0 Å². The number of halogens is 1. The summed E-state index contributed by atoms with van der Waals surface area (Å²) in [6.07, 6.45) is 3.66. The highest BCUT2D eigenvalue weighted by Gasteiger charge is 2.20. The first kappa shape index (κ1) is 18.8. The number of ether oxygens (including phenoxy) is 1. The van der Waals surface area contributed by atoms with Crippen molar-refractivity contribution in [2.75, 3.05) is 12.4 Å². The Morgan fingerprint density at radius 1 is 1.38 bits per heavy atom. The van der Waals surface area contributed by atoms with E-state index in [2.05, 4.69) is 15.3 Å². The molecule has 138 valence electrons. The summed E-state index contributed by atoms with van der Waals surface area (Å²) in [7, 11) is 1.53. The molecule has 0 spiro atoms. The van der Waals surface area contributed by atoms with Gasteiger partial charge >= 0.3 is 0 Å². The zero-order valence-corrected chi connectivity index (χ0v) is 16.2. The van der Waals surface area contributed by atoms with Gasteiger partial charge in [0.05, 0.1) is 23.1 Å². The number of amides is 1. The van der Waals surface area contributed by atoms with Crippen molar-refractivity contribution in [3.05, 3.63) is 44.8 Å². The maximum atomic E-state index is 12.4. The van der Waals surface area contributed by atoms with Gasteiger partial charge in [0.15, 0.2) is 5.16 Å². The number of carbonyl (C=O) groups excluding carboxylic acids is 1. The molecule has 8 heteroatoms. The molecule has 2 N–H and O–H groups in total. The molecular formula is C18H20ClN3O3S. The first-order chi connectivity index (χ1) is 12.5. The number of hydrogen-bond donors (Lipinski definition) is 2. The number of fused-ring (bicyclic) bond motifs is 1. The summed E-state index contributed by atoms with van der Waals surface area (Å²) >= 11 is 7.31. The van der Waals surface area contributed by atoms with E-state index in [0.717, 1.165) is 36.9 Å². The summed E-state index contributed by atoms with van der Waals surface area (Å²) in [5, 5.41) is 3.28. The van der Waals surface area contributed by atoms with Gasteiger partial charge in [-0.3, -0.25) is 9.59 Å². The highest BCUT2D eigenvalue weighted by atomic mass is 35.5. The van der Waals surface area contributed by atoms with Gasteiger partial charge in [0.25, 0.3) is 5.56 Å². The third-order valence-corrected chi connectivity index (χ3v) is 5.53. The van der Waals surface area contributed by atoms with Gasteiger partial charge in [0.1, 0.15) is 5.75 Å². The Balaban J connectivity index is 1.69. The number of aryl methyl sites for hydroxylation is 1. The molecule has 1 atom stereocenters. The largest absolute Gasteiger partial charge is 0.495 e. The van der Waals surface area contributed by atoms with Crippen LogP contribution >= 0.6 is 23.4 Å². The minimum atomic E-state index is -0.430. The van der Waals surface area contributed by atoms with Gasteiger partial charge in [-0.05, 0) is 50.8 Å². The van der Waals surface area contributed by atoms with E-state index in [0.29, 0.717) is 21.6 Å². The van der Waals surface area contributed by atoms with Gasteiger partial charge in [0, 0.05) is 11.3 Å². The molecule has 1 aromatic carbocycles. The molecule has 1 aliphatic carbocycles. The van der Waals surface area contributed by atoms with E-state index in [1.165, 1.54) is 18.9 Å². The molecule has 0 radical (unpaired) electrons. The normalized spacial score (nSPS) is 14.4. The van der Waals surface area contributed by atoms with Crippen LogP contribution in [0.5, 0.6) is 5.75 Å². The zero-order valence-electron chi connectivity index (χ0n) is 14.6. The third-order valence-electron chi connectivity index (χ3n) is 4.25. The topological polar surface area (TPSA) is 84.1 Å². The van der Waals surface area contributed by atoms with Gasteiger partial charge in [-0.15, -0.1) is 0 Å². The van der Waals surface area contributed by atoms with Crippen LogP contribution in [0.1, 0.15) is 31.0 Å². The molecule has 0 bridgehead atoms. The lowest BCUT2D eigenvalue weighted by molar-refractivity contribution is -0.115. The predicted octanol–water partition coefficient (Wildman–Crippen LogP) is 3.43. The van der Waals surface area contributed by atoms with Crippen LogP contribution in [0.4, 0.5) is 5.69 Å². The maximum absolute atomic E-state index is 12.4. The van der Waals surface area contributed by atoms with Crippen molar-refractivity contribution in [2.24, 2.45) is 0 Å². The maximum Gasteiger partial charge on any atom is 0.254 e. The molecule has 0 saturated heterocycles. The third kappa shape index (κ3) is 4.22. The van der Waals surface area contributed by atoms with Crippen LogP contribution in [0, 0.1) is 0 Å². The Hall–Kier alpha value is -1.99. The van der Waals surface area contributed by atoms with Gasteiger partial charge in [-0.25, -0.2) is 4.98 Å². The molecule has 0 unspecified atom stereocenters. The smallest absolute Gasteiger partial charge is 0.254 e. The van der Waals surface area contributed by atoms with E-state index in [9.17, 15) is 9.59 Å². The summed E-state index contributed by atoms with van der Waals surface area (Å²) < 4.78 is 5.10. The second-order valence-corrected chi connectivity index (χ2v) is 7.84. The zero-order chi connectivity index (χ0) is 18.7. The van der Waals surface area contributed by atoms with Gasteiger partial charge in [0.2, 0.25) is 5.91 Å². The number of hydrogen-bond acceptors (Lipinski definition) is 5. The fourth-order valence-electron chi connectivity index (χ4n) is 2.85. The summed E-state index contributed by atoms with van der Waals surface area (Å²) in [5.74, 6) is 0.347. The quantitative estimate of drug-likeness (QED) is 0.600. The highest BCUT2D eigenvalue weighted by molar-refractivity contribution is 8.00. The number of carbonyl (C=O) groups is 1. The molecule has 6 nitrogen and oxygen atoms in total. The number of nitrogens with one attached hydrogen (secondary N) is 2. The van der Waals surface area contributed by atoms with Crippen molar-refractivity contribution < 1.29 is 9.53 Å². The second kappa shape index (κ2) is 8.14. The van der Waals surface area contributed by atoms with Crippen molar-refractivity contribution in [1.82, 2.24) is 9.97 Å². The van der Waals surface area contributed by atoms with Gasteiger partial charge in [-0.2, -0.15) is 0 Å². The average Bonchev–Trinajstić information content (AvgIpc) is 2.62. The lowest BCUT2D eigenvalue weighted by atomic mass is 9.97. The molecule has 1 amide bonds. The highest BCUT2D eigenvalue weighted by Crippen LogP contribution is 2.28. The number of benzene rings is 1. The average molecular weight is 394 g/mol. The number of rotatable bonds is 5. The van der Waals surface area contributed by atoms with E-state index in [1.807, 2.05) is 0 Å². The van der Waals surface area contributed by atoms with Crippen molar-refractivity contribution in [3.63, 3.8) is 0 Å². The fourth-order valence-corrected chi connectivity index (χ4v) is 3.92. The lowest BCUT2D eigenvalue weighted by Crippen LogP contribution is -2.25. The number of H-pyrrole nitrogens is 1. The standard InChI is InChI=1S/C18H20ClN3O3S/c1-10(16(23)20-11-7-8-15(25-2)13(19)9-11)26-18-21-14-6-4-3-5-12(14)17(24)22-18/h7-10H,3-6H2,1-2H3,(H,20,23)(H,21,22,24)/t10-/m0/s1. The molecule has 0 aliphatic heterocycles. The van der Waals surface area contributed by atoms with Crippen molar-refractivity contribution in [2.45, 2.75) is 43.0 Å². The molecule has 1 heterocycles. The number of anilines is 1. The van der Waals surface area contributed by atoms with E-state index < -0.39 is 5.25 Å². The molecule has 0 saturated carbocycles. The first-order valence-electron chi connectivity index (χ1n) is 8.41. The Morgan fingerprint density at radius 3 is 2.88 bits per heavy atom. The number of aromatic nitrogens is 2. The predicted molar refractivity (Wildman–Crippen MR) is 103 cm³/mol. The molecule has 26 heavy (non-hydrogen) atoms. The Bertz CT molecular complexity index is 884. The number of nitrogens with zero attached hydrogens (tertiary/aromatic N) is 1. The van der Waals surface area contributed by atoms with Crippen molar-refractivity contribution in [1.29, 1.82) is 0 Å². The first-order valence-corrected chi connectivity index (χ1v) is 9.67. The SMILES string of the molecule is COc1ccc(NC(=O)[C@H](C)Sc2nc3c(c(=O)[nH]2)CCCC3)cc1Cl. The van der Waals surface area contributed by atoms with E-state index >= 15 is 0 Å². The Labute approximate surface area is 160 Å².